The second-order valence-corrected chi connectivity index (χ2v) is 9.57. The van der Waals surface area contributed by atoms with Crippen LogP contribution in [0.1, 0.15) is 24.9 Å². The Morgan fingerprint density at radius 2 is 1.58 bits per heavy atom. The minimum absolute atomic E-state index is 0.0592. The van der Waals surface area contributed by atoms with Gasteiger partial charge < -0.3 is 5.32 Å². The van der Waals surface area contributed by atoms with Crippen LogP contribution in [0.2, 0.25) is 10.0 Å². The summed E-state index contributed by atoms with van der Waals surface area (Å²) in [6.45, 7) is 1.52. The second kappa shape index (κ2) is 10.2. The molecular formula is C23H22Cl2N2O3S. The van der Waals surface area contributed by atoms with Crippen molar-refractivity contribution in [2.24, 2.45) is 0 Å². The van der Waals surface area contributed by atoms with Gasteiger partial charge in [0.2, 0.25) is 5.91 Å². The summed E-state index contributed by atoms with van der Waals surface area (Å²) in [5, 5.41) is 3.42. The van der Waals surface area contributed by atoms with Crippen LogP contribution >= 0.6 is 23.2 Å². The lowest BCUT2D eigenvalue weighted by Gasteiger charge is -2.26. The molecule has 0 spiro atoms. The summed E-state index contributed by atoms with van der Waals surface area (Å²) < 4.78 is 27.8. The Balaban J connectivity index is 1.94. The number of nitrogens with one attached hydrogen (secondary N) is 1. The third-order valence-electron chi connectivity index (χ3n) is 4.74. The lowest BCUT2D eigenvalue weighted by atomic mass is 10.0. The van der Waals surface area contributed by atoms with Crippen LogP contribution < -0.4 is 9.62 Å². The van der Waals surface area contributed by atoms with Gasteiger partial charge in [0.15, 0.2) is 0 Å². The van der Waals surface area contributed by atoms with Crippen LogP contribution in [0.25, 0.3) is 0 Å². The summed E-state index contributed by atoms with van der Waals surface area (Å²) in [7, 11) is -4.05. The standard InChI is InChI=1S/C23H22Cl2N2O3S/c1-2-21(17-9-5-3-6-10-17)26-23(28)16-27(22-14-13-18(24)15-20(22)25)31(29,30)19-11-7-4-8-12-19/h3-15,21H,2,16H2,1H3,(H,26,28). The first kappa shape index (κ1) is 23.1. The van der Waals surface area contributed by atoms with Crippen molar-refractivity contribution in [3.63, 3.8) is 0 Å². The molecule has 0 fully saturated rings. The van der Waals surface area contributed by atoms with Crippen molar-refractivity contribution in [2.75, 3.05) is 10.8 Å². The largest absolute Gasteiger partial charge is 0.348 e. The van der Waals surface area contributed by atoms with Crippen molar-refractivity contribution in [3.8, 4) is 0 Å². The first-order chi connectivity index (χ1) is 14.8. The van der Waals surface area contributed by atoms with E-state index in [0.717, 1.165) is 9.87 Å². The number of hydrogen-bond donors (Lipinski definition) is 1. The van der Waals surface area contributed by atoms with Gasteiger partial charge in [0, 0.05) is 5.02 Å². The highest BCUT2D eigenvalue weighted by Gasteiger charge is 2.29. The Hall–Kier alpha value is -2.54. The topological polar surface area (TPSA) is 66.5 Å². The highest BCUT2D eigenvalue weighted by Crippen LogP contribution is 2.32. The van der Waals surface area contributed by atoms with Gasteiger partial charge in [-0.25, -0.2) is 8.42 Å². The van der Waals surface area contributed by atoms with Gasteiger partial charge in [0.05, 0.1) is 21.6 Å². The van der Waals surface area contributed by atoms with E-state index < -0.39 is 22.5 Å². The van der Waals surface area contributed by atoms with E-state index in [2.05, 4.69) is 5.32 Å². The summed E-state index contributed by atoms with van der Waals surface area (Å²) in [6.07, 6.45) is 0.656. The van der Waals surface area contributed by atoms with Crippen LogP contribution in [0, 0.1) is 0 Å². The highest BCUT2D eigenvalue weighted by molar-refractivity contribution is 7.92. The number of amides is 1. The molecular weight excluding hydrogens is 455 g/mol. The van der Waals surface area contributed by atoms with Gasteiger partial charge in [-0.05, 0) is 42.3 Å². The quantitative estimate of drug-likeness (QED) is 0.469. The van der Waals surface area contributed by atoms with Gasteiger partial charge in [-0.2, -0.15) is 0 Å². The van der Waals surface area contributed by atoms with Crippen molar-refractivity contribution < 1.29 is 13.2 Å². The first-order valence-corrected chi connectivity index (χ1v) is 11.9. The molecule has 3 rings (SSSR count). The third kappa shape index (κ3) is 5.58. The number of halogens is 2. The number of rotatable bonds is 8. The smallest absolute Gasteiger partial charge is 0.264 e. The van der Waals surface area contributed by atoms with E-state index in [1.165, 1.54) is 30.3 Å². The van der Waals surface area contributed by atoms with Crippen molar-refractivity contribution >= 4 is 44.8 Å². The Kier molecular flexibility index (Phi) is 7.59. The molecule has 0 radical (unpaired) electrons. The molecule has 0 heterocycles. The predicted molar refractivity (Wildman–Crippen MR) is 125 cm³/mol. The molecule has 1 unspecified atom stereocenters. The summed E-state index contributed by atoms with van der Waals surface area (Å²) in [4.78, 5) is 13.0. The number of benzene rings is 3. The SMILES string of the molecule is CCC(NC(=O)CN(c1ccc(Cl)cc1Cl)S(=O)(=O)c1ccccc1)c1ccccc1. The van der Waals surface area contributed by atoms with Gasteiger partial charge in [0.25, 0.3) is 10.0 Å². The molecule has 1 amide bonds. The monoisotopic (exact) mass is 476 g/mol. The van der Waals surface area contributed by atoms with Crippen LogP contribution in [0.3, 0.4) is 0 Å². The molecule has 8 heteroatoms. The fraction of sp³-hybridized carbons (Fsp3) is 0.174. The van der Waals surface area contributed by atoms with Crippen LogP contribution in [0.15, 0.2) is 83.8 Å². The van der Waals surface area contributed by atoms with Gasteiger partial charge >= 0.3 is 0 Å². The van der Waals surface area contributed by atoms with Crippen molar-refractivity contribution in [1.29, 1.82) is 0 Å². The maximum Gasteiger partial charge on any atom is 0.264 e. The molecule has 162 valence electrons. The van der Waals surface area contributed by atoms with Gasteiger partial charge in [-0.15, -0.1) is 0 Å². The summed E-state index contributed by atoms with van der Waals surface area (Å²) in [5.74, 6) is -0.443. The lowest BCUT2D eigenvalue weighted by Crippen LogP contribution is -2.42. The first-order valence-electron chi connectivity index (χ1n) is 9.70. The van der Waals surface area contributed by atoms with Crippen molar-refractivity contribution in [1.82, 2.24) is 5.32 Å². The number of nitrogens with zero attached hydrogens (tertiary/aromatic N) is 1. The minimum atomic E-state index is -4.05. The molecule has 1 N–H and O–H groups in total. The van der Waals surface area contributed by atoms with Crippen LogP contribution in [-0.2, 0) is 14.8 Å². The number of sulfonamides is 1. The average Bonchev–Trinajstić information content (AvgIpc) is 2.77. The molecule has 0 saturated carbocycles. The molecule has 0 bridgehead atoms. The molecule has 0 saturated heterocycles. The number of anilines is 1. The Bertz CT molecular complexity index is 1140. The van der Waals surface area contributed by atoms with E-state index in [-0.39, 0.29) is 21.6 Å². The fourth-order valence-electron chi connectivity index (χ4n) is 3.18. The predicted octanol–water partition coefficient (Wildman–Crippen LogP) is 5.46. The molecule has 3 aromatic carbocycles. The zero-order chi connectivity index (χ0) is 22.4. The second-order valence-electron chi connectivity index (χ2n) is 6.86. The van der Waals surface area contributed by atoms with Crippen molar-refractivity contribution in [2.45, 2.75) is 24.3 Å². The minimum Gasteiger partial charge on any atom is -0.348 e. The summed E-state index contributed by atoms with van der Waals surface area (Å²) in [5.41, 5.74) is 1.12. The van der Waals surface area contributed by atoms with Gasteiger partial charge in [-0.3, -0.25) is 9.10 Å². The maximum atomic E-state index is 13.4. The van der Waals surface area contributed by atoms with E-state index >= 15 is 0 Å². The van der Waals surface area contributed by atoms with E-state index in [9.17, 15) is 13.2 Å². The summed E-state index contributed by atoms with van der Waals surface area (Å²) in [6, 6.07) is 21.7. The maximum absolute atomic E-state index is 13.4. The highest BCUT2D eigenvalue weighted by atomic mass is 35.5. The molecule has 1 atom stereocenters. The normalized spacial score (nSPS) is 12.2. The average molecular weight is 477 g/mol. The third-order valence-corrected chi connectivity index (χ3v) is 7.05. The number of carbonyl (C=O) groups excluding carboxylic acids is 1. The summed E-state index contributed by atoms with van der Waals surface area (Å²) >= 11 is 12.3. The van der Waals surface area contributed by atoms with E-state index in [0.29, 0.717) is 11.4 Å². The Morgan fingerprint density at radius 1 is 0.968 bits per heavy atom. The molecule has 0 aromatic heterocycles. The Morgan fingerprint density at radius 3 is 2.16 bits per heavy atom. The van der Waals surface area contributed by atoms with Crippen LogP contribution in [0.4, 0.5) is 5.69 Å². The number of hydrogen-bond acceptors (Lipinski definition) is 3. The van der Waals surface area contributed by atoms with Crippen LogP contribution in [-0.4, -0.2) is 20.9 Å². The van der Waals surface area contributed by atoms with Crippen LogP contribution in [0.5, 0.6) is 0 Å². The number of carbonyl (C=O) groups is 1. The van der Waals surface area contributed by atoms with E-state index in [4.69, 9.17) is 23.2 Å². The zero-order valence-corrected chi connectivity index (χ0v) is 19.2. The molecule has 3 aromatic rings. The van der Waals surface area contributed by atoms with E-state index in [1.54, 1.807) is 18.2 Å². The fourth-order valence-corrected chi connectivity index (χ4v) is 5.20. The molecule has 0 aliphatic heterocycles. The van der Waals surface area contributed by atoms with Gasteiger partial charge in [0.1, 0.15) is 6.54 Å². The zero-order valence-electron chi connectivity index (χ0n) is 16.8. The molecule has 0 aliphatic carbocycles. The Labute approximate surface area is 192 Å². The molecule has 5 nitrogen and oxygen atoms in total. The molecule has 31 heavy (non-hydrogen) atoms. The molecule has 0 aliphatic rings. The lowest BCUT2D eigenvalue weighted by molar-refractivity contribution is -0.120. The van der Waals surface area contributed by atoms with Crippen molar-refractivity contribution in [3.05, 3.63) is 94.5 Å². The van der Waals surface area contributed by atoms with E-state index in [1.807, 2.05) is 37.3 Å². The van der Waals surface area contributed by atoms with Gasteiger partial charge in [-0.1, -0.05) is 78.7 Å².